The number of carbonyl (C=O) groups excluding carboxylic acids is 1. The highest BCUT2D eigenvalue weighted by Gasteiger charge is 2.18. The number of ether oxygens (including phenoxy) is 1. The van der Waals surface area contributed by atoms with Gasteiger partial charge in [-0.3, -0.25) is 4.79 Å². The van der Waals surface area contributed by atoms with E-state index in [1.807, 2.05) is 11.6 Å². The minimum atomic E-state index is -0.121. The molecule has 1 atom stereocenters. The van der Waals surface area contributed by atoms with Crippen molar-refractivity contribution < 1.29 is 9.53 Å². The van der Waals surface area contributed by atoms with Gasteiger partial charge in [-0.2, -0.15) is 0 Å². The summed E-state index contributed by atoms with van der Waals surface area (Å²) in [6.07, 6.45) is 4.07. The maximum Gasteiger partial charge on any atom is 0.253 e. The van der Waals surface area contributed by atoms with Crippen molar-refractivity contribution in [2.75, 3.05) is 13.7 Å². The van der Waals surface area contributed by atoms with Crippen LogP contribution in [0.5, 0.6) is 0 Å². The lowest BCUT2D eigenvalue weighted by molar-refractivity contribution is 0.0908. The number of aryl methyl sites for hydroxylation is 1. The van der Waals surface area contributed by atoms with Crippen LogP contribution in [-0.2, 0) is 11.8 Å². The van der Waals surface area contributed by atoms with Gasteiger partial charge in [-0.1, -0.05) is 13.8 Å². The average molecular weight is 290 g/mol. The van der Waals surface area contributed by atoms with Gasteiger partial charge in [0.1, 0.15) is 5.52 Å². The molecule has 0 unspecified atom stereocenters. The van der Waals surface area contributed by atoms with Crippen LogP contribution in [0.2, 0.25) is 0 Å². The molecule has 1 N–H and O–H groups in total. The van der Waals surface area contributed by atoms with Crippen LogP contribution < -0.4 is 5.32 Å². The van der Waals surface area contributed by atoms with Gasteiger partial charge >= 0.3 is 0 Å². The zero-order chi connectivity index (χ0) is 15.4. The number of carbonyl (C=O) groups is 1. The molecule has 6 nitrogen and oxygen atoms in total. The fraction of sp³-hybridized carbons (Fsp3) is 0.533. The molecule has 21 heavy (non-hydrogen) atoms. The summed E-state index contributed by atoms with van der Waals surface area (Å²) in [5.74, 6) is 0.223. The topological polar surface area (TPSA) is 69.0 Å². The number of hydrogen-bond acceptors (Lipinski definition) is 4. The summed E-state index contributed by atoms with van der Waals surface area (Å²) >= 11 is 0. The second-order valence-corrected chi connectivity index (χ2v) is 5.53. The van der Waals surface area contributed by atoms with Gasteiger partial charge in [0.05, 0.1) is 11.9 Å². The molecular formula is C15H22N4O2. The quantitative estimate of drug-likeness (QED) is 0.880. The number of amides is 1. The number of aromatic nitrogens is 3. The maximum atomic E-state index is 12.3. The van der Waals surface area contributed by atoms with E-state index in [1.54, 1.807) is 25.7 Å². The van der Waals surface area contributed by atoms with Crippen molar-refractivity contribution in [3.05, 3.63) is 24.2 Å². The summed E-state index contributed by atoms with van der Waals surface area (Å²) in [6, 6.07) is 1.85. The van der Waals surface area contributed by atoms with Gasteiger partial charge in [-0.15, -0.1) is 0 Å². The van der Waals surface area contributed by atoms with Crippen LogP contribution in [0.25, 0.3) is 11.2 Å². The van der Waals surface area contributed by atoms with E-state index in [2.05, 4.69) is 29.1 Å². The summed E-state index contributed by atoms with van der Waals surface area (Å²) in [5.41, 5.74) is 2.03. The molecule has 0 aliphatic heterocycles. The van der Waals surface area contributed by atoms with Gasteiger partial charge in [0.2, 0.25) is 0 Å². The van der Waals surface area contributed by atoms with E-state index in [1.165, 1.54) is 0 Å². The highest BCUT2D eigenvalue weighted by Crippen LogP contribution is 2.12. The third-order valence-electron chi connectivity index (χ3n) is 3.57. The van der Waals surface area contributed by atoms with Crippen molar-refractivity contribution in [2.24, 2.45) is 13.0 Å². The summed E-state index contributed by atoms with van der Waals surface area (Å²) in [7, 11) is 3.54. The number of nitrogens with one attached hydrogen (secondary N) is 1. The van der Waals surface area contributed by atoms with E-state index in [0.29, 0.717) is 18.1 Å². The second kappa shape index (κ2) is 6.67. The molecule has 6 heteroatoms. The molecule has 2 aromatic heterocycles. The monoisotopic (exact) mass is 290 g/mol. The molecule has 0 aliphatic rings. The highest BCUT2D eigenvalue weighted by molar-refractivity contribution is 5.96. The van der Waals surface area contributed by atoms with Crippen LogP contribution in [-0.4, -0.2) is 40.2 Å². The molecule has 0 spiro atoms. The van der Waals surface area contributed by atoms with Crippen molar-refractivity contribution >= 4 is 17.1 Å². The number of fused-ring (bicyclic) bond motifs is 1. The van der Waals surface area contributed by atoms with Crippen molar-refractivity contribution in [1.82, 2.24) is 19.9 Å². The van der Waals surface area contributed by atoms with Gasteiger partial charge < -0.3 is 14.6 Å². The van der Waals surface area contributed by atoms with Crippen LogP contribution in [0.4, 0.5) is 0 Å². The van der Waals surface area contributed by atoms with Crippen molar-refractivity contribution in [3.8, 4) is 0 Å². The summed E-state index contributed by atoms with van der Waals surface area (Å²) in [4.78, 5) is 20.9. The molecule has 0 aromatic carbocycles. The minimum Gasteiger partial charge on any atom is -0.385 e. The van der Waals surface area contributed by atoms with Crippen LogP contribution in [0.15, 0.2) is 18.6 Å². The van der Waals surface area contributed by atoms with E-state index >= 15 is 0 Å². The third kappa shape index (κ3) is 3.58. The summed E-state index contributed by atoms with van der Waals surface area (Å²) in [5, 5.41) is 3.05. The maximum absolute atomic E-state index is 12.3. The van der Waals surface area contributed by atoms with Crippen LogP contribution in [0.1, 0.15) is 30.6 Å². The molecule has 0 bridgehead atoms. The average Bonchev–Trinajstić information content (AvgIpc) is 2.84. The lowest BCUT2D eigenvalue weighted by atomic mass is 10.0. The minimum absolute atomic E-state index is 0.0804. The number of methoxy groups -OCH3 is 1. The Bertz CT molecular complexity index is 621. The largest absolute Gasteiger partial charge is 0.385 e. The Morgan fingerprint density at radius 3 is 2.86 bits per heavy atom. The zero-order valence-corrected chi connectivity index (χ0v) is 13.0. The smallest absolute Gasteiger partial charge is 0.253 e. The molecule has 2 heterocycles. The van der Waals surface area contributed by atoms with Crippen molar-refractivity contribution in [3.63, 3.8) is 0 Å². The Morgan fingerprint density at radius 2 is 2.19 bits per heavy atom. The molecule has 0 aliphatic carbocycles. The fourth-order valence-corrected chi connectivity index (χ4v) is 2.21. The van der Waals surface area contributed by atoms with Crippen LogP contribution in [0.3, 0.4) is 0 Å². The molecule has 2 aromatic rings. The molecule has 114 valence electrons. The lowest BCUT2D eigenvalue weighted by Crippen LogP contribution is -2.39. The first-order valence-corrected chi connectivity index (χ1v) is 7.09. The first-order valence-electron chi connectivity index (χ1n) is 7.09. The Labute approximate surface area is 124 Å². The predicted octanol–water partition coefficient (Wildman–Crippen LogP) is 1.76. The van der Waals surface area contributed by atoms with Crippen LogP contribution in [0, 0.1) is 5.92 Å². The van der Waals surface area contributed by atoms with Crippen molar-refractivity contribution in [1.29, 1.82) is 0 Å². The molecule has 0 saturated carbocycles. The molecule has 0 fully saturated rings. The standard InChI is InChI=1S/C15H22N4O2/c1-10(2)12(5-6-21-4)18-15(20)11-7-13-14(16-8-11)19(3)9-17-13/h7-10,12H,5-6H2,1-4H3,(H,18,20)/t12-/m0/s1. The number of nitrogens with zero attached hydrogens (tertiary/aromatic N) is 3. The van der Waals surface area contributed by atoms with Gasteiger partial charge in [0.25, 0.3) is 5.91 Å². The number of pyridine rings is 1. The Kier molecular flexibility index (Phi) is 4.90. The van der Waals surface area contributed by atoms with E-state index in [9.17, 15) is 4.79 Å². The molecule has 2 rings (SSSR count). The third-order valence-corrected chi connectivity index (χ3v) is 3.57. The van der Waals surface area contributed by atoms with Gasteiger partial charge in [0.15, 0.2) is 5.65 Å². The van der Waals surface area contributed by atoms with Crippen LogP contribution >= 0.6 is 0 Å². The summed E-state index contributed by atoms with van der Waals surface area (Å²) in [6.45, 7) is 4.79. The first kappa shape index (κ1) is 15.4. The molecule has 0 saturated heterocycles. The predicted molar refractivity (Wildman–Crippen MR) is 81.1 cm³/mol. The van der Waals surface area contributed by atoms with E-state index < -0.39 is 0 Å². The van der Waals surface area contributed by atoms with E-state index in [-0.39, 0.29) is 11.9 Å². The lowest BCUT2D eigenvalue weighted by Gasteiger charge is -2.22. The fourth-order valence-electron chi connectivity index (χ4n) is 2.21. The van der Waals surface area contributed by atoms with Gasteiger partial charge in [-0.25, -0.2) is 9.97 Å². The van der Waals surface area contributed by atoms with Gasteiger partial charge in [0, 0.05) is 33.0 Å². The Morgan fingerprint density at radius 1 is 1.43 bits per heavy atom. The first-order chi connectivity index (χ1) is 10.0. The van der Waals surface area contributed by atoms with Gasteiger partial charge in [-0.05, 0) is 18.4 Å². The Balaban J connectivity index is 2.13. The second-order valence-electron chi connectivity index (χ2n) is 5.53. The highest BCUT2D eigenvalue weighted by atomic mass is 16.5. The van der Waals surface area contributed by atoms with Crippen molar-refractivity contribution in [2.45, 2.75) is 26.3 Å². The van der Waals surface area contributed by atoms with E-state index in [0.717, 1.165) is 17.6 Å². The number of rotatable bonds is 6. The zero-order valence-electron chi connectivity index (χ0n) is 13.0. The molecule has 0 radical (unpaired) electrons. The molecular weight excluding hydrogens is 268 g/mol. The number of imidazole rings is 1. The van der Waals surface area contributed by atoms with E-state index in [4.69, 9.17) is 4.74 Å². The summed E-state index contributed by atoms with van der Waals surface area (Å²) < 4.78 is 6.92. The SMILES string of the molecule is COCC[C@H](NC(=O)c1cnc2c(c1)ncn2C)C(C)C. The Hall–Kier alpha value is -1.95. The number of hydrogen-bond donors (Lipinski definition) is 1. The molecule has 1 amide bonds. The normalized spacial score (nSPS) is 12.8.